The molecule has 0 amide bonds. The number of hydrogen-bond acceptors (Lipinski definition) is 3. The van der Waals surface area contributed by atoms with Crippen molar-refractivity contribution in [2.45, 2.75) is 6.36 Å². The summed E-state index contributed by atoms with van der Waals surface area (Å²) in [6.45, 7) is 0. The standard InChI is InChI=1S/C12H7ClF3NO2/c13-11-10(18)8(5-6-17-11)7-3-1-2-4-9(7)19-12(14,15)16/h1-6,18H. The first kappa shape index (κ1) is 13.5. The molecule has 0 aliphatic heterocycles. The predicted molar refractivity (Wildman–Crippen MR) is 63.0 cm³/mol. The second kappa shape index (κ2) is 4.97. The number of para-hydroxylation sites is 1. The van der Waals surface area contributed by atoms with E-state index in [9.17, 15) is 18.3 Å². The fourth-order valence-electron chi connectivity index (χ4n) is 1.55. The quantitative estimate of drug-likeness (QED) is 0.850. The lowest BCUT2D eigenvalue weighted by molar-refractivity contribution is -0.274. The molecule has 19 heavy (non-hydrogen) atoms. The van der Waals surface area contributed by atoms with Gasteiger partial charge in [0, 0.05) is 17.3 Å². The smallest absolute Gasteiger partial charge is 0.504 e. The molecular formula is C12H7ClF3NO2. The van der Waals surface area contributed by atoms with E-state index in [4.69, 9.17) is 11.6 Å². The highest BCUT2D eigenvalue weighted by Gasteiger charge is 2.32. The van der Waals surface area contributed by atoms with Gasteiger partial charge in [0.2, 0.25) is 0 Å². The molecule has 1 aromatic heterocycles. The lowest BCUT2D eigenvalue weighted by Gasteiger charge is -2.14. The van der Waals surface area contributed by atoms with E-state index < -0.39 is 17.9 Å². The largest absolute Gasteiger partial charge is 0.573 e. The predicted octanol–water partition coefficient (Wildman–Crippen LogP) is 4.01. The number of benzene rings is 1. The molecule has 1 aromatic carbocycles. The monoisotopic (exact) mass is 289 g/mol. The minimum Gasteiger partial charge on any atom is -0.504 e. The lowest BCUT2D eigenvalue weighted by atomic mass is 10.1. The molecular weight excluding hydrogens is 283 g/mol. The number of alkyl halides is 3. The van der Waals surface area contributed by atoms with Crippen LogP contribution in [0, 0.1) is 0 Å². The van der Waals surface area contributed by atoms with Gasteiger partial charge < -0.3 is 9.84 Å². The molecule has 7 heteroatoms. The van der Waals surface area contributed by atoms with Crippen molar-refractivity contribution in [2.75, 3.05) is 0 Å². The van der Waals surface area contributed by atoms with Crippen LogP contribution in [-0.4, -0.2) is 16.5 Å². The Bertz CT molecular complexity index is 602. The summed E-state index contributed by atoms with van der Waals surface area (Å²) in [5.41, 5.74) is 0.182. The number of ether oxygens (including phenoxy) is 1. The van der Waals surface area contributed by atoms with Crippen LogP contribution < -0.4 is 4.74 Å². The van der Waals surface area contributed by atoms with Crippen LogP contribution in [0.1, 0.15) is 0 Å². The van der Waals surface area contributed by atoms with Crippen molar-refractivity contribution in [1.29, 1.82) is 0 Å². The van der Waals surface area contributed by atoms with Gasteiger partial charge in [0.15, 0.2) is 10.9 Å². The van der Waals surface area contributed by atoms with E-state index in [-0.39, 0.29) is 16.3 Å². The summed E-state index contributed by atoms with van der Waals surface area (Å²) in [6, 6.07) is 6.79. The highest BCUT2D eigenvalue weighted by atomic mass is 35.5. The Morgan fingerprint density at radius 1 is 1.11 bits per heavy atom. The molecule has 0 bridgehead atoms. The van der Waals surface area contributed by atoms with Crippen LogP contribution in [0.3, 0.4) is 0 Å². The van der Waals surface area contributed by atoms with E-state index in [1.54, 1.807) is 0 Å². The first-order valence-electron chi connectivity index (χ1n) is 5.07. The Morgan fingerprint density at radius 2 is 1.79 bits per heavy atom. The zero-order valence-corrected chi connectivity index (χ0v) is 10.0. The lowest BCUT2D eigenvalue weighted by Crippen LogP contribution is -2.17. The van der Waals surface area contributed by atoms with Gasteiger partial charge in [-0.05, 0) is 12.1 Å². The fourth-order valence-corrected chi connectivity index (χ4v) is 1.71. The first-order chi connectivity index (χ1) is 8.88. The molecule has 2 rings (SSSR count). The molecule has 2 aromatic rings. The SMILES string of the molecule is Oc1c(-c2ccccc2OC(F)(F)F)ccnc1Cl. The summed E-state index contributed by atoms with van der Waals surface area (Å²) in [5, 5.41) is 9.55. The van der Waals surface area contributed by atoms with Gasteiger partial charge in [-0.2, -0.15) is 0 Å². The van der Waals surface area contributed by atoms with Gasteiger partial charge in [0.05, 0.1) is 0 Å². The van der Waals surface area contributed by atoms with Crippen LogP contribution in [0.2, 0.25) is 5.15 Å². The molecule has 1 N–H and O–H groups in total. The molecule has 0 saturated heterocycles. The van der Waals surface area contributed by atoms with Gasteiger partial charge in [0.25, 0.3) is 0 Å². The molecule has 0 aliphatic carbocycles. The summed E-state index contributed by atoms with van der Waals surface area (Å²) in [7, 11) is 0. The topological polar surface area (TPSA) is 42.4 Å². The number of hydrogen-bond donors (Lipinski definition) is 1. The van der Waals surface area contributed by atoms with Crippen molar-refractivity contribution in [3.63, 3.8) is 0 Å². The van der Waals surface area contributed by atoms with Crippen molar-refractivity contribution in [1.82, 2.24) is 4.98 Å². The molecule has 0 saturated carbocycles. The van der Waals surface area contributed by atoms with Gasteiger partial charge in [0.1, 0.15) is 5.75 Å². The Balaban J connectivity index is 2.54. The Labute approximate surface area is 111 Å². The van der Waals surface area contributed by atoms with Crippen molar-refractivity contribution in [3.05, 3.63) is 41.7 Å². The Kier molecular flexibility index (Phi) is 3.53. The average Bonchev–Trinajstić information content (AvgIpc) is 2.32. The molecule has 0 unspecified atom stereocenters. The van der Waals surface area contributed by atoms with Crippen LogP contribution >= 0.6 is 11.6 Å². The molecule has 1 heterocycles. The van der Waals surface area contributed by atoms with Crippen LogP contribution in [0.4, 0.5) is 13.2 Å². The van der Waals surface area contributed by atoms with E-state index in [0.717, 1.165) is 6.07 Å². The van der Waals surface area contributed by atoms with Gasteiger partial charge >= 0.3 is 6.36 Å². The van der Waals surface area contributed by atoms with Crippen LogP contribution in [0.15, 0.2) is 36.5 Å². The molecule has 0 fully saturated rings. The number of pyridine rings is 1. The number of nitrogens with zero attached hydrogens (tertiary/aromatic N) is 1. The van der Waals surface area contributed by atoms with Crippen LogP contribution in [-0.2, 0) is 0 Å². The van der Waals surface area contributed by atoms with E-state index in [2.05, 4.69) is 9.72 Å². The maximum absolute atomic E-state index is 12.3. The molecule has 0 atom stereocenters. The summed E-state index contributed by atoms with van der Waals surface area (Å²) < 4.78 is 40.8. The summed E-state index contributed by atoms with van der Waals surface area (Å²) in [6.07, 6.45) is -3.54. The summed E-state index contributed by atoms with van der Waals surface area (Å²) >= 11 is 5.63. The van der Waals surface area contributed by atoms with Crippen molar-refractivity contribution in [3.8, 4) is 22.6 Å². The zero-order chi connectivity index (χ0) is 14.0. The zero-order valence-electron chi connectivity index (χ0n) is 9.28. The second-order valence-corrected chi connectivity index (χ2v) is 3.90. The van der Waals surface area contributed by atoms with Gasteiger partial charge in [-0.1, -0.05) is 29.8 Å². The van der Waals surface area contributed by atoms with Crippen LogP contribution in [0.5, 0.6) is 11.5 Å². The number of rotatable bonds is 2. The highest BCUT2D eigenvalue weighted by molar-refractivity contribution is 6.31. The highest BCUT2D eigenvalue weighted by Crippen LogP contribution is 2.39. The van der Waals surface area contributed by atoms with E-state index >= 15 is 0 Å². The average molecular weight is 290 g/mol. The Morgan fingerprint density at radius 3 is 2.47 bits per heavy atom. The summed E-state index contributed by atoms with van der Waals surface area (Å²) in [5.74, 6) is -0.824. The van der Waals surface area contributed by atoms with Gasteiger partial charge in [-0.25, -0.2) is 4.98 Å². The van der Waals surface area contributed by atoms with E-state index in [1.807, 2.05) is 0 Å². The molecule has 3 nitrogen and oxygen atoms in total. The van der Waals surface area contributed by atoms with Crippen LogP contribution in [0.25, 0.3) is 11.1 Å². The van der Waals surface area contributed by atoms with Crippen molar-refractivity contribution in [2.24, 2.45) is 0 Å². The molecule has 0 aliphatic rings. The number of aromatic hydroxyl groups is 1. The first-order valence-corrected chi connectivity index (χ1v) is 5.45. The minimum absolute atomic E-state index is 0.0709. The second-order valence-electron chi connectivity index (χ2n) is 3.54. The maximum Gasteiger partial charge on any atom is 0.573 e. The molecule has 100 valence electrons. The maximum atomic E-state index is 12.3. The van der Waals surface area contributed by atoms with Crippen molar-refractivity contribution < 1.29 is 23.0 Å². The minimum atomic E-state index is -4.82. The third kappa shape index (κ3) is 3.08. The molecule has 0 radical (unpaired) electrons. The normalized spacial score (nSPS) is 11.4. The van der Waals surface area contributed by atoms with Crippen molar-refractivity contribution >= 4 is 11.6 Å². The number of halogens is 4. The third-order valence-electron chi connectivity index (χ3n) is 2.28. The Hall–Kier alpha value is -1.95. The molecule has 0 spiro atoms. The fraction of sp³-hybridized carbons (Fsp3) is 0.0833. The van der Waals surface area contributed by atoms with Gasteiger partial charge in [-0.15, -0.1) is 13.2 Å². The third-order valence-corrected chi connectivity index (χ3v) is 2.56. The van der Waals surface area contributed by atoms with E-state index in [0.29, 0.717) is 0 Å². The van der Waals surface area contributed by atoms with E-state index in [1.165, 1.54) is 30.5 Å². The summed E-state index contributed by atoms with van der Waals surface area (Å²) in [4.78, 5) is 3.62. The van der Waals surface area contributed by atoms with Gasteiger partial charge in [-0.3, -0.25) is 0 Å². The number of aromatic nitrogens is 1.